The van der Waals surface area contributed by atoms with Gasteiger partial charge in [0.15, 0.2) is 5.13 Å². The summed E-state index contributed by atoms with van der Waals surface area (Å²) < 4.78 is 0. The van der Waals surface area contributed by atoms with Crippen molar-refractivity contribution in [2.75, 3.05) is 19.0 Å². The van der Waals surface area contributed by atoms with E-state index in [9.17, 15) is 0 Å². The molecule has 1 aliphatic rings. The molecule has 1 N–H and O–H groups in total. The minimum absolute atomic E-state index is 0.385. The van der Waals surface area contributed by atoms with Gasteiger partial charge in [0.2, 0.25) is 0 Å². The minimum atomic E-state index is 0.385. The highest BCUT2D eigenvalue weighted by Gasteiger charge is 2.30. The number of anilines is 1. The Morgan fingerprint density at radius 1 is 1.50 bits per heavy atom. The molecule has 0 amide bonds. The van der Waals surface area contributed by atoms with Gasteiger partial charge in [0, 0.05) is 29.3 Å². The van der Waals surface area contributed by atoms with Gasteiger partial charge in [-0.3, -0.25) is 0 Å². The molecule has 0 bridgehead atoms. The highest BCUT2D eigenvalue weighted by atomic mass is 32.1. The van der Waals surface area contributed by atoms with E-state index in [1.54, 1.807) is 0 Å². The van der Waals surface area contributed by atoms with Crippen LogP contribution in [-0.2, 0) is 6.54 Å². The lowest BCUT2D eigenvalue weighted by Gasteiger charge is -2.23. The van der Waals surface area contributed by atoms with Crippen LogP contribution in [0.15, 0.2) is 17.5 Å². The maximum atomic E-state index is 4.93. The Hall–Kier alpha value is -0.910. The zero-order valence-electron chi connectivity index (χ0n) is 12.2. The molecule has 0 aromatic carbocycles. The van der Waals surface area contributed by atoms with E-state index in [1.165, 1.54) is 28.3 Å². The van der Waals surface area contributed by atoms with Gasteiger partial charge in [-0.05, 0) is 38.3 Å². The van der Waals surface area contributed by atoms with E-state index in [1.807, 2.05) is 29.7 Å². The second-order valence-electron chi connectivity index (χ2n) is 5.41. The van der Waals surface area contributed by atoms with Crippen molar-refractivity contribution in [2.45, 2.75) is 38.3 Å². The Bertz CT molecular complexity index is 558. The number of rotatable bonds is 6. The van der Waals surface area contributed by atoms with Gasteiger partial charge >= 0.3 is 0 Å². The minimum Gasteiger partial charge on any atom is -0.344 e. The quantitative estimate of drug-likeness (QED) is 0.874. The van der Waals surface area contributed by atoms with Crippen LogP contribution in [0, 0.1) is 0 Å². The highest BCUT2D eigenvalue weighted by Crippen LogP contribution is 2.44. The fraction of sp³-hybridized carbons (Fsp3) is 0.533. The molecular weight excluding hydrogens is 286 g/mol. The third kappa shape index (κ3) is 2.75. The molecule has 0 radical (unpaired) electrons. The lowest BCUT2D eigenvalue weighted by molar-refractivity contribution is 0.747. The molecule has 3 nitrogen and oxygen atoms in total. The van der Waals surface area contributed by atoms with Crippen LogP contribution in [0.25, 0.3) is 0 Å². The van der Waals surface area contributed by atoms with Crippen molar-refractivity contribution >= 4 is 27.8 Å². The number of thiazole rings is 1. The van der Waals surface area contributed by atoms with Crippen molar-refractivity contribution in [1.82, 2.24) is 10.3 Å². The molecule has 1 atom stereocenters. The Morgan fingerprint density at radius 3 is 2.90 bits per heavy atom. The van der Waals surface area contributed by atoms with Gasteiger partial charge in [0.05, 0.1) is 11.7 Å². The molecule has 1 fully saturated rings. The smallest absolute Gasteiger partial charge is 0.186 e. The van der Waals surface area contributed by atoms with Crippen LogP contribution in [0.5, 0.6) is 0 Å². The molecular formula is C15H21N3S2. The first-order valence-corrected chi connectivity index (χ1v) is 8.80. The van der Waals surface area contributed by atoms with Gasteiger partial charge in [-0.15, -0.1) is 22.7 Å². The summed E-state index contributed by atoms with van der Waals surface area (Å²) in [4.78, 5) is 10.0. The third-order valence-corrected chi connectivity index (χ3v) is 6.06. The van der Waals surface area contributed by atoms with Gasteiger partial charge in [-0.1, -0.05) is 6.07 Å². The number of nitrogens with one attached hydrogen (secondary N) is 1. The van der Waals surface area contributed by atoms with Crippen LogP contribution in [0.3, 0.4) is 0 Å². The van der Waals surface area contributed by atoms with E-state index in [4.69, 9.17) is 4.98 Å². The average molecular weight is 307 g/mol. The fourth-order valence-corrected chi connectivity index (χ4v) is 4.38. The monoisotopic (exact) mass is 307 g/mol. The predicted octanol–water partition coefficient (Wildman–Crippen LogP) is 4.00. The largest absolute Gasteiger partial charge is 0.344 e. The molecule has 5 heteroatoms. The van der Waals surface area contributed by atoms with Crippen molar-refractivity contribution in [3.8, 4) is 0 Å². The summed E-state index contributed by atoms with van der Waals surface area (Å²) >= 11 is 3.66. The summed E-state index contributed by atoms with van der Waals surface area (Å²) in [6, 6.07) is 4.71. The molecule has 108 valence electrons. The molecule has 2 heterocycles. The van der Waals surface area contributed by atoms with E-state index in [2.05, 4.69) is 41.7 Å². The van der Waals surface area contributed by atoms with E-state index >= 15 is 0 Å². The lowest BCUT2D eigenvalue weighted by atomic mass is 10.2. The SMILES string of the molecule is CNCc1sc(N(C)C(C)c2cccs2)nc1C1CC1. The molecule has 1 saturated carbocycles. The van der Waals surface area contributed by atoms with Gasteiger partial charge in [0.1, 0.15) is 0 Å². The number of aromatic nitrogens is 1. The first kappa shape index (κ1) is 14.0. The van der Waals surface area contributed by atoms with E-state index in [-0.39, 0.29) is 0 Å². The number of hydrogen-bond acceptors (Lipinski definition) is 5. The lowest BCUT2D eigenvalue weighted by Crippen LogP contribution is -2.20. The molecule has 0 saturated heterocycles. The van der Waals surface area contributed by atoms with Gasteiger partial charge in [-0.25, -0.2) is 4.98 Å². The maximum Gasteiger partial charge on any atom is 0.186 e. The zero-order valence-corrected chi connectivity index (χ0v) is 13.9. The zero-order chi connectivity index (χ0) is 14.1. The van der Waals surface area contributed by atoms with Crippen molar-refractivity contribution in [3.63, 3.8) is 0 Å². The van der Waals surface area contributed by atoms with Crippen molar-refractivity contribution in [2.24, 2.45) is 0 Å². The first-order chi connectivity index (χ1) is 9.70. The van der Waals surface area contributed by atoms with Gasteiger partial charge in [0.25, 0.3) is 0 Å². The standard InChI is InChI=1S/C15H21N3S2/c1-10(12-5-4-8-19-12)18(3)15-17-14(11-6-7-11)13(20-15)9-16-2/h4-5,8,10-11,16H,6-7,9H2,1-3H3. The number of thiophene rings is 1. The average Bonchev–Trinajstić information content (AvgIpc) is 3.00. The van der Waals surface area contributed by atoms with Crippen LogP contribution in [0.1, 0.15) is 47.2 Å². The van der Waals surface area contributed by atoms with Crippen LogP contribution in [0.4, 0.5) is 5.13 Å². The van der Waals surface area contributed by atoms with Crippen LogP contribution >= 0.6 is 22.7 Å². The summed E-state index contributed by atoms with van der Waals surface area (Å²) in [6.07, 6.45) is 2.62. The summed E-state index contributed by atoms with van der Waals surface area (Å²) in [5.41, 5.74) is 1.34. The summed E-state index contributed by atoms with van der Waals surface area (Å²) in [7, 11) is 4.16. The number of nitrogens with zero attached hydrogens (tertiary/aromatic N) is 2. The predicted molar refractivity (Wildman–Crippen MR) is 88.0 cm³/mol. The normalized spacial score (nSPS) is 16.4. The molecule has 2 aromatic heterocycles. The van der Waals surface area contributed by atoms with Crippen LogP contribution in [0.2, 0.25) is 0 Å². The first-order valence-electron chi connectivity index (χ1n) is 7.11. The van der Waals surface area contributed by atoms with Crippen molar-refractivity contribution < 1.29 is 0 Å². The Labute approximate surface area is 128 Å². The van der Waals surface area contributed by atoms with Gasteiger partial charge < -0.3 is 10.2 Å². The van der Waals surface area contributed by atoms with Crippen LogP contribution in [-0.4, -0.2) is 19.1 Å². The highest BCUT2D eigenvalue weighted by molar-refractivity contribution is 7.15. The Morgan fingerprint density at radius 2 is 2.30 bits per heavy atom. The fourth-order valence-electron chi connectivity index (χ4n) is 2.35. The molecule has 1 aliphatic carbocycles. The van der Waals surface area contributed by atoms with Crippen molar-refractivity contribution in [3.05, 3.63) is 33.0 Å². The summed E-state index contributed by atoms with van der Waals surface area (Å²) in [5.74, 6) is 0.716. The molecule has 2 aromatic rings. The van der Waals surface area contributed by atoms with E-state index in [0.29, 0.717) is 12.0 Å². The Kier molecular flexibility index (Phi) is 4.10. The molecule has 0 spiro atoms. The molecule has 1 unspecified atom stereocenters. The third-order valence-electron chi connectivity index (χ3n) is 3.86. The summed E-state index contributed by atoms with van der Waals surface area (Å²) in [6.45, 7) is 3.19. The van der Waals surface area contributed by atoms with Crippen molar-refractivity contribution in [1.29, 1.82) is 0 Å². The Balaban J connectivity index is 1.83. The van der Waals surface area contributed by atoms with E-state index in [0.717, 1.165) is 11.7 Å². The number of hydrogen-bond donors (Lipinski definition) is 1. The second-order valence-corrected chi connectivity index (χ2v) is 7.45. The summed E-state index contributed by atoms with van der Waals surface area (Å²) in [5, 5.41) is 6.56. The van der Waals surface area contributed by atoms with E-state index < -0.39 is 0 Å². The molecule has 0 aliphatic heterocycles. The second kappa shape index (κ2) is 5.84. The topological polar surface area (TPSA) is 28.2 Å². The van der Waals surface area contributed by atoms with Crippen LogP contribution < -0.4 is 10.2 Å². The molecule has 3 rings (SSSR count). The molecule has 20 heavy (non-hydrogen) atoms. The maximum absolute atomic E-state index is 4.93. The van der Waals surface area contributed by atoms with Gasteiger partial charge in [-0.2, -0.15) is 0 Å².